The number of rotatable bonds is 3. The monoisotopic (exact) mass is 258 g/mol. The Kier molecular flexibility index (Phi) is 2.65. The second-order valence-electron chi connectivity index (χ2n) is 3.06. The summed E-state index contributed by atoms with van der Waals surface area (Å²) in [5.41, 5.74) is 1.10. The van der Waals surface area contributed by atoms with Gasteiger partial charge in [0.05, 0.1) is 20.8 Å². The molecule has 0 aliphatic carbocycles. The van der Waals surface area contributed by atoms with Crippen LogP contribution in [-0.2, 0) is 4.74 Å². The zero-order valence-corrected chi connectivity index (χ0v) is 9.63. The van der Waals surface area contributed by atoms with Gasteiger partial charge in [-0.05, 0) is 33.6 Å². The largest absolute Gasteiger partial charge is 0.495 e. The van der Waals surface area contributed by atoms with Gasteiger partial charge >= 0.3 is 0 Å². The Balaban J connectivity index is 2.43. The molecule has 1 aromatic carbocycles. The minimum absolute atomic E-state index is 0.214. The van der Waals surface area contributed by atoms with E-state index in [9.17, 15) is 0 Å². The third kappa shape index (κ3) is 1.72. The van der Waals surface area contributed by atoms with Crippen LogP contribution in [0.15, 0.2) is 16.6 Å². The first-order chi connectivity index (χ1) is 6.76. The molecular formula is C10H11BrO3. The highest BCUT2D eigenvalue weighted by molar-refractivity contribution is 9.10. The Labute approximate surface area is 91.1 Å². The number of benzene rings is 1. The fourth-order valence-electron chi connectivity index (χ4n) is 1.32. The van der Waals surface area contributed by atoms with Crippen LogP contribution in [0.1, 0.15) is 11.7 Å². The molecule has 14 heavy (non-hydrogen) atoms. The molecule has 1 heterocycles. The Morgan fingerprint density at radius 1 is 1.29 bits per heavy atom. The van der Waals surface area contributed by atoms with Crippen LogP contribution in [0.2, 0.25) is 0 Å². The van der Waals surface area contributed by atoms with Gasteiger partial charge in [0, 0.05) is 0 Å². The fraction of sp³-hybridized carbons (Fsp3) is 0.400. The number of ether oxygens (including phenoxy) is 3. The molecule has 1 saturated heterocycles. The maximum absolute atomic E-state index is 5.22. The Bertz CT molecular complexity index is 322. The van der Waals surface area contributed by atoms with Crippen molar-refractivity contribution in [2.24, 2.45) is 0 Å². The predicted molar refractivity (Wildman–Crippen MR) is 55.9 cm³/mol. The molecule has 0 spiro atoms. The zero-order chi connectivity index (χ0) is 10.1. The fourth-order valence-corrected chi connectivity index (χ4v) is 1.87. The van der Waals surface area contributed by atoms with Gasteiger partial charge in [0.2, 0.25) is 0 Å². The van der Waals surface area contributed by atoms with E-state index in [1.54, 1.807) is 14.2 Å². The van der Waals surface area contributed by atoms with Crippen LogP contribution in [0.25, 0.3) is 0 Å². The SMILES string of the molecule is COc1cc([C@@H]2CO2)cc(OC)c1Br. The van der Waals surface area contributed by atoms with Gasteiger partial charge < -0.3 is 14.2 Å². The van der Waals surface area contributed by atoms with E-state index < -0.39 is 0 Å². The van der Waals surface area contributed by atoms with Crippen molar-refractivity contribution in [1.29, 1.82) is 0 Å². The van der Waals surface area contributed by atoms with E-state index in [0.29, 0.717) is 0 Å². The number of halogens is 1. The average Bonchev–Trinajstić information content (AvgIpc) is 3.02. The lowest BCUT2D eigenvalue weighted by Crippen LogP contribution is -1.92. The molecular weight excluding hydrogens is 248 g/mol. The van der Waals surface area contributed by atoms with Gasteiger partial charge in [0.15, 0.2) is 0 Å². The van der Waals surface area contributed by atoms with Gasteiger partial charge in [-0.3, -0.25) is 0 Å². The standard InChI is InChI=1S/C10H11BrO3/c1-12-7-3-6(9-5-14-9)4-8(13-2)10(7)11/h3-4,9H,5H2,1-2H3/t9-/m0/s1. The maximum Gasteiger partial charge on any atom is 0.137 e. The normalized spacial score (nSPS) is 19.2. The molecule has 2 rings (SSSR count). The predicted octanol–water partition coefficient (Wildman–Crippen LogP) is 2.54. The molecule has 1 aliphatic heterocycles. The van der Waals surface area contributed by atoms with Crippen molar-refractivity contribution < 1.29 is 14.2 Å². The molecule has 1 aliphatic rings. The quantitative estimate of drug-likeness (QED) is 0.781. The number of epoxide rings is 1. The number of hydrogen-bond donors (Lipinski definition) is 0. The highest BCUT2D eigenvalue weighted by Gasteiger charge is 2.26. The topological polar surface area (TPSA) is 31.0 Å². The van der Waals surface area contributed by atoms with Crippen molar-refractivity contribution in [3.8, 4) is 11.5 Å². The Morgan fingerprint density at radius 3 is 2.14 bits per heavy atom. The number of hydrogen-bond acceptors (Lipinski definition) is 3. The lowest BCUT2D eigenvalue weighted by atomic mass is 10.1. The lowest BCUT2D eigenvalue weighted by molar-refractivity contribution is 0.383. The summed E-state index contributed by atoms with van der Waals surface area (Å²) in [6, 6.07) is 3.93. The summed E-state index contributed by atoms with van der Waals surface area (Å²) in [5.74, 6) is 1.55. The summed E-state index contributed by atoms with van der Waals surface area (Å²) < 4.78 is 16.5. The molecule has 1 fully saturated rings. The second-order valence-corrected chi connectivity index (χ2v) is 3.85. The van der Waals surface area contributed by atoms with Crippen molar-refractivity contribution in [1.82, 2.24) is 0 Å². The summed E-state index contributed by atoms with van der Waals surface area (Å²) in [5, 5.41) is 0. The van der Waals surface area contributed by atoms with Crippen LogP contribution in [0.4, 0.5) is 0 Å². The van der Waals surface area contributed by atoms with Gasteiger partial charge in [0.25, 0.3) is 0 Å². The van der Waals surface area contributed by atoms with Crippen molar-refractivity contribution in [2.45, 2.75) is 6.10 Å². The molecule has 76 valence electrons. The van der Waals surface area contributed by atoms with Crippen molar-refractivity contribution in [3.63, 3.8) is 0 Å². The first-order valence-electron chi connectivity index (χ1n) is 4.29. The van der Waals surface area contributed by atoms with Gasteiger partial charge in [-0.15, -0.1) is 0 Å². The zero-order valence-electron chi connectivity index (χ0n) is 8.04. The molecule has 0 N–H and O–H groups in total. The molecule has 4 heteroatoms. The van der Waals surface area contributed by atoms with E-state index in [2.05, 4.69) is 15.9 Å². The Hall–Kier alpha value is -0.740. The van der Waals surface area contributed by atoms with Crippen molar-refractivity contribution >= 4 is 15.9 Å². The molecule has 1 aromatic rings. The van der Waals surface area contributed by atoms with E-state index in [1.165, 1.54) is 0 Å². The molecule has 0 amide bonds. The average molecular weight is 259 g/mol. The highest BCUT2D eigenvalue weighted by Crippen LogP contribution is 2.40. The van der Waals surface area contributed by atoms with Crippen LogP contribution in [-0.4, -0.2) is 20.8 Å². The molecule has 0 radical (unpaired) electrons. The first-order valence-corrected chi connectivity index (χ1v) is 5.08. The van der Waals surface area contributed by atoms with Crippen LogP contribution < -0.4 is 9.47 Å². The third-order valence-corrected chi connectivity index (χ3v) is 2.95. The lowest BCUT2D eigenvalue weighted by Gasteiger charge is -2.10. The van der Waals surface area contributed by atoms with Crippen LogP contribution >= 0.6 is 15.9 Å². The number of methoxy groups -OCH3 is 2. The Morgan fingerprint density at radius 2 is 1.79 bits per heavy atom. The molecule has 0 unspecified atom stereocenters. The molecule has 0 aromatic heterocycles. The van der Waals surface area contributed by atoms with Crippen LogP contribution in [0.5, 0.6) is 11.5 Å². The van der Waals surface area contributed by atoms with Crippen molar-refractivity contribution in [2.75, 3.05) is 20.8 Å². The molecule has 3 nitrogen and oxygen atoms in total. The first kappa shape index (κ1) is 9.80. The second kappa shape index (κ2) is 3.79. The summed E-state index contributed by atoms with van der Waals surface area (Å²) in [6.45, 7) is 0.786. The summed E-state index contributed by atoms with van der Waals surface area (Å²) in [7, 11) is 3.27. The molecule has 0 bridgehead atoms. The molecule has 0 saturated carbocycles. The summed E-state index contributed by atoms with van der Waals surface area (Å²) in [4.78, 5) is 0. The third-order valence-electron chi connectivity index (χ3n) is 2.17. The minimum Gasteiger partial charge on any atom is -0.495 e. The summed E-state index contributed by atoms with van der Waals surface area (Å²) in [6.07, 6.45) is 0.214. The molecule has 1 atom stereocenters. The van der Waals surface area contributed by atoms with Gasteiger partial charge in [-0.25, -0.2) is 0 Å². The smallest absolute Gasteiger partial charge is 0.137 e. The van der Waals surface area contributed by atoms with E-state index in [-0.39, 0.29) is 6.10 Å². The van der Waals surface area contributed by atoms with Crippen molar-refractivity contribution in [3.05, 3.63) is 22.2 Å². The van der Waals surface area contributed by atoms with Gasteiger partial charge in [-0.2, -0.15) is 0 Å². The van der Waals surface area contributed by atoms with E-state index in [1.807, 2.05) is 12.1 Å². The van der Waals surface area contributed by atoms with Gasteiger partial charge in [-0.1, -0.05) is 0 Å². The van der Waals surface area contributed by atoms with E-state index in [0.717, 1.165) is 28.1 Å². The summed E-state index contributed by atoms with van der Waals surface area (Å²) >= 11 is 3.41. The van der Waals surface area contributed by atoms with E-state index in [4.69, 9.17) is 14.2 Å². The van der Waals surface area contributed by atoms with Gasteiger partial charge in [0.1, 0.15) is 22.1 Å². The highest BCUT2D eigenvalue weighted by atomic mass is 79.9. The van der Waals surface area contributed by atoms with Crippen LogP contribution in [0, 0.1) is 0 Å². The minimum atomic E-state index is 0.214. The van der Waals surface area contributed by atoms with Crippen LogP contribution in [0.3, 0.4) is 0 Å². The van der Waals surface area contributed by atoms with E-state index >= 15 is 0 Å². The maximum atomic E-state index is 5.22.